The molecule has 0 aromatic carbocycles. The number of nitrogens with zero attached hydrogens (tertiary/aromatic N) is 2. The van der Waals surface area contributed by atoms with Crippen molar-refractivity contribution in [2.45, 2.75) is 102 Å². The Balaban J connectivity index is 1.43. The third-order valence-corrected chi connectivity index (χ3v) is 9.78. The van der Waals surface area contributed by atoms with Crippen molar-refractivity contribution in [1.82, 2.24) is 9.80 Å². The zero-order chi connectivity index (χ0) is 23.9. The van der Waals surface area contributed by atoms with E-state index in [4.69, 9.17) is 0 Å². The fourth-order valence-corrected chi connectivity index (χ4v) is 8.33. The molecule has 6 aliphatic rings. The molecule has 6 bridgehead atoms. The summed E-state index contributed by atoms with van der Waals surface area (Å²) in [5.74, 6) is 1.40. The smallest absolute Gasteiger partial charge is 0.0730 e. The Morgan fingerprint density at radius 1 is 0.800 bits per heavy atom. The van der Waals surface area contributed by atoms with Crippen LogP contribution in [0.3, 0.4) is 0 Å². The predicted octanol–water partition coefficient (Wildman–Crippen LogP) is 6.66. The summed E-state index contributed by atoms with van der Waals surface area (Å²) in [6.45, 7) is 5.98. The van der Waals surface area contributed by atoms with Gasteiger partial charge in [0.05, 0.1) is 6.10 Å². The van der Waals surface area contributed by atoms with Gasteiger partial charge in [0.25, 0.3) is 0 Å². The fraction of sp³-hybridized carbons (Fsp3) is 0.750. The summed E-state index contributed by atoms with van der Waals surface area (Å²) in [7, 11) is 0. The molecule has 35 heavy (non-hydrogen) atoms. The summed E-state index contributed by atoms with van der Waals surface area (Å²) in [6.07, 6.45) is 34.1. The molecule has 0 amide bonds. The first kappa shape index (κ1) is 25.5. The molecule has 1 N–H and O–H groups in total. The number of hydrogen-bond donors (Lipinski definition) is 1. The first-order chi connectivity index (χ1) is 17.3. The maximum Gasteiger partial charge on any atom is 0.0730 e. The fourth-order valence-electron chi connectivity index (χ4n) is 8.33. The molecule has 0 radical (unpaired) electrons. The molecule has 0 aromatic heterocycles. The Kier molecular flexibility index (Phi) is 9.02. The van der Waals surface area contributed by atoms with Gasteiger partial charge in [0.2, 0.25) is 0 Å². The first-order valence-corrected chi connectivity index (χ1v) is 15.1. The summed E-state index contributed by atoms with van der Waals surface area (Å²) in [4.78, 5) is 5.62. The molecule has 6 rings (SSSR count). The van der Waals surface area contributed by atoms with E-state index in [2.05, 4.69) is 52.3 Å². The molecule has 2 unspecified atom stereocenters. The van der Waals surface area contributed by atoms with Crippen LogP contribution < -0.4 is 0 Å². The molecule has 0 saturated carbocycles. The SMILES string of the molecule is O[C@@H]1/C=C\C=C/CCN2C[C@H]3C=C4CCCCCCCCCC/C=C\CCN5CC[C@H]3[C@@](C1)(C5)[C@@H]42. The maximum absolute atomic E-state index is 11.2. The second-order valence-corrected chi connectivity index (χ2v) is 12.2. The molecular weight excluding hydrogens is 428 g/mol. The van der Waals surface area contributed by atoms with E-state index < -0.39 is 0 Å². The Morgan fingerprint density at radius 3 is 2.46 bits per heavy atom. The lowest BCUT2D eigenvalue weighted by Gasteiger charge is -2.64. The van der Waals surface area contributed by atoms with Crippen LogP contribution in [0.25, 0.3) is 0 Å². The van der Waals surface area contributed by atoms with Gasteiger partial charge in [0.15, 0.2) is 0 Å². The van der Waals surface area contributed by atoms with Gasteiger partial charge in [-0.25, -0.2) is 0 Å². The van der Waals surface area contributed by atoms with Crippen molar-refractivity contribution >= 4 is 0 Å². The number of fused-ring (bicyclic) bond motifs is 1. The highest BCUT2D eigenvalue weighted by atomic mass is 16.3. The molecule has 3 heteroatoms. The van der Waals surface area contributed by atoms with E-state index in [0.29, 0.717) is 12.0 Å². The third kappa shape index (κ3) is 6.05. The highest BCUT2D eigenvalue weighted by Crippen LogP contribution is 2.57. The van der Waals surface area contributed by atoms with E-state index in [-0.39, 0.29) is 11.5 Å². The van der Waals surface area contributed by atoms with Gasteiger partial charge in [-0.05, 0) is 69.7 Å². The van der Waals surface area contributed by atoms with E-state index in [1.54, 1.807) is 5.57 Å². The van der Waals surface area contributed by atoms with E-state index in [1.807, 2.05) is 0 Å². The highest BCUT2D eigenvalue weighted by Gasteiger charge is 2.59. The third-order valence-electron chi connectivity index (χ3n) is 9.78. The number of allylic oxidation sites excluding steroid dienone is 3. The van der Waals surface area contributed by atoms with Crippen LogP contribution in [0.1, 0.15) is 89.9 Å². The van der Waals surface area contributed by atoms with Crippen molar-refractivity contribution in [3.8, 4) is 0 Å². The standard InChI is InChI=1S/C32H50N2O/c35-29-18-14-10-12-16-21-34-25-28-23-27-17-13-9-7-5-3-1-2-4-6-8-11-15-20-33-22-19-30(28)32(24-29,26-33)31(27)34/h8,10-12,14,18,23,28-31,35H,1-7,9,13,15-17,19-22,24-26H2/b11-8-,12-10-,18-14-/t28-,29-,30-,31-,32-/m1/s1. The lowest BCUT2D eigenvalue weighted by Crippen LogP contribution is -2.69. The van der Waals surface area contributed by atoms with Crippen LogP contribution in [0, 0.1) is 17.3 Å². The first-order valence-electron chi connectivity index (χ1n) is 15.1. The van der Waals surface area contributed by atoms with Gasteiger partial charge < -0.3 is 10.0 Å². The van der Waals surface area contributed by atoms with Crippen molar-refractivity contribution in [2.24, 2.45) is 17.3 Å². The topological polar surface area (TPSA) is 26.7 Å². The predicted molar refractivity (Wildman–Crippen MR) is 147 cm³/mol. The van der Waals surface area contributed by atoms with Crippen molar-refractivity contribution in [3.05, 3.63) is 48.1 Å². The largest absolute Gasteiger partial charge is 0.389 e. The van der Waals surface area contributed by atoms with Gasteiger partial charge in [-0.1, -0.05) is 86.6 Å². The van der Waals surface area contributed by atoms with E-state index in [0.717, 1.165) is 25.3 Å². The van der Waals surface area contributed by atoms with Crippen LogP contribution in [-0.4, -0.2) is 59.8 Å². The Bertz CT molecular complexity index is 797. The summed E-state index contributed by atoms with van der Waals surface area (Å²) in [5, 5.41) is 11.2. The molecule has 5 heterocycles. The monoisotopic (exact) mass is 478 g/mol. The number of aliphatic hydroxyl groups is 1. The minimum Gasteiger partial charge on any atom is -0.389 e. The molecule has 194 valence electrons. The second-order valence-electron chi connectivity index (χ2n) is 12.2. The summed E-state index contributed by atoms with van der Waals surface area (Å²) < 4.78 is 0. The van der Waals surface area contributed by atoms with Crippen molar-refractivity contribution in [1.29, 1.82) is 0 Å². The van der Waals surface area contributed by atoms with Crippen LogP contribution in [0.4, 0.5) is 0 Å². The zero-order valence-electron chi connectivity index (χ0n) is 22.1. The summed E-state index contributed by atoms with van der Waals surface area (Å²) in [6, 6.07) is 0.521. The van der Waals surface area contributed by atoms with Crippen molar-refractivity contribution < 1.29 is 5.11 Å². The quantitative estimate of drug-likeness (QED) is 0.394. The molecule has 0 aromatic rings. The minimum atomic E-state index is -0.343. The van der Waals surface area contributed by atoms with Crippen LogP contribution in [0.5, 0.6) is 0 Å². The molecule has 2 fully saturated rings. The number of aliphatic hydroxyl groups excluding tert-OH is 1. The van der Waals surface area contributed by atoms with Crippen molar-refractivity contribution in [3.63, 3.8) is 0 Å². The molecule has 1 spiro atoms. The van der Waals surface area contributed by atoms with Crippen molar-refractivity contribution in [2.75, 3.05) is 32.7 Å². The maximum atomic E-state index is 11.2. The molecule has 3 nitrogen and oxygen atoms in total. The summed E-state index contributed by atoms with van der Waals surface area (Å²) in [5.41, 5.74) is 1.92. The van der Waals surface area contributed by atoms with Crippen LogP contribution in [0.2, 0.25) is 0 Å². The normalized spacial score (nSPS) is 44.1. The minimum absolute atomic E-state index is 0.186. The Hall–Kier alpha value is -1.16. The molecule has 5 aliphatic heterocycles. The second kappa shape index (κ2) is 12.4. The highest BCUT2D eigenvalue weighted by molar-refractivity contribution is 5.31. The number of rotatable bonds is 0. The average Bonchev–Trinajstić information content (AvgIpc) is 2.87. The average molecular weight is 479 g/mol. The Labute approximate surface area is 215 Å². The van der Waals surface area contributed by atoms with Gasteiger partial charge in [0.1, 0.15) is 0 Å². The number of hydrogen-bond acceptors (Lipinski definition) is 3. The zero-order valence-corrected chi connectivity index (χ0v) is 22.1. The van der Waals surface area contributed by atoms with Gasteiger partial charge >= 0.3 is 0 Å². The molecule has 1 aliphatic carbocycles. The van der Waals surface area contributed by atoms with Crippen LogP contribution in [0.15, 0.2) is 48.1 Å². The van der Waals surface area contributed by atoms with Gasteiger partial charge in [-0.3, -0.25) is 4.90 Å². The summed E-state index contributed by atoms with van der Waals surface area (Å²) >= 11 is 0. The molecular formula is C32H50N2O. The number of piperidine rings is 2. The van der Waals surface area contributed by atoms with Crippen LogP contribution in [-0.2, 0) is 0 Å². The molecule has 2 saturated heterocycles. The van der Waals surface area contributed by atoms with E-state index >= 15 is 0 Å². The van der Waals surface area contributed by atoms with Crippen LogP contribution >= 0.6 is 0 Å². The lowest BCUT2D eigenvalue weighted by atomic mass is 9.51. The van der Waals surface area contributed by atoms with Gasteiger partial charge in [-0.15, -0.1) is 0 Å². The lowest BCUT2D eigenvalue weighted by molar-refractivity contribution is -0.120. The molecule has 7 atom stereocenters. The van der Waals surface area contributed by atoms with Gasteiger partial charge in [-0.2, -0.15) is 0 Å². The van der Waals surface area contributed by atoms with E-state index in [9.17, 15) is 5.11 Å². The van der Waals surface area contributed by atoms with E-state index in [1.165, 1.54) is 103 Å². The van der Waals surface area contributed by atoms with Gasteiger partial charge in [0, 0.05) is 37.6 Å². The Morgan fingerprint density at radius 2 is 1.57 bits per heavy atom.